The van der Waals surface area contributed by atoms with Gasteiger partial charge in [-0.15, -0.1) is 0 Å². The lowest BCUT2D eigenvalue weighted by molar-refractivity contribution is 0.0617. The lowest BCUT2D eigenvalue weighted by Crippen LogP contribution is -2.49. The molecule has 1 N–H and O–H groups in total. The van der Waals surface area contributed by atoms with Crippen LogP contribution in [0.5, 0.6) is 11.5 Å². The van der Waals surface area contributed by atoms with E-state index in [0.717, 1.165) is 25.1 Å². The fraction of sp³-hybridized carbons (Fsp3) is 0.435. The zero-order chi connectivity index (χ0) is 23.4. The van der Waals surface area contributed by atoms with Crippen molar-refractivity contribution in [1.29, 1.82) is 0 Å². The first kappa shape index (κ1) is 23.8. The number of amides is 1. The number of rotatable bonds is 7. The summed E-state index contributed by atoms with van der Waals surface area (Å²) in [5, 5.41) is 10.9. The third kappa shape index (κ3) is 5.60. The highest BCUT2D eigenvalue weighted by Crippen LogP contribution is 2.27. The quantitative estimate of drug-likeness (QED) is 0.637. The SMILES string of the molecule is O=C(c1cc(S(=O)(=O)N2CCCC2)ccc1O)N1CCN(CCOc2ccc(Cl)cc2)CC1. The monoisotopic (exact) mass is 493 g/mol. The van der Waals surface area contributed by atoms with Gasteiger partial charge in [0, 0.05) is 50.8 Å². The molecule has 0 spiro atoms. The van der Waals surface area contributed by atoms with Crippen LogP contribution in [0, 0.1) is 0 Å². The summed E-state index contributed by atoms with van der Waals surface area (Å²) in [7, 11) is -3.66. The summed E-state index contributed by atoms with van der Waals surface area (Å²) in [4.78, 5) is 17.0. The predicted octanol–water partition coefficient (Wildman–Crippen LogP) is 2.67. The van der Waals surface area contributed by atoms with E-state index in [1.54, 1.807) is 17.0 Å². The van der Waals surface area contributed by atoms with E-state index in [0.29, 0.717) is 50.9 Å². The molecule has 0 unspecified atom stereocenters. The number of phenols is 1. The molecule has 10 heteroatoms. The van der Waals surface area contributed by atoms with Crippen LogP contribution in [0.4, 0.5) is 0 Å². The number of ether oxygens (including phenoxy) is 1. The zero-order valence-corrected chi connectivity index (χ0v) is 19.9. The van der Waals surface area contributed by atoms with E-state index in [4.69, 9.17) is 16.3 Å². The van der Waals surface area contributed by atoms with Crippen molar-refractivity contribution in [3.63, 3.8) is 0 Å². The van der Waals surface area contributed by atoms with Crippen LogP contribution in [0.3, 0.4) is 0 Å². The highest BCUT2D eigenvalue weighted by atomic mass is 35.5. The number of nitrogens with zero attached hydrogens (tertiary/aromatic N) is 3. The topological polar surface area (TPSA) is 90.4 Å². The largest absolute Gasteiger partial charge is 0.507 e. The molecular formula is C23H28ClN3O5S. The van der Waals surface area contributed by atoms with Crippen molar-refractivity contribution in [3.8, 4) is 11.5 Å². The Morgan fingerprint density at radius 3 is 2.30 bits per heavy atom. The minimum atomic E-state index is -3.66. The Bertz CT molecular complexity index is 1080. The molecule has 8 nitrogen and oxygen atoms in total. The van der Waals surface area contributed by atoms with Crippen molar-refractivity contribution < 1.29 is 23.1 Å². The van der Waals surface area contributed by atoms with Crippen molar-refractivity contribution in [3.05, 3.63) is 53.1 Å². The standard InChI is InChI=1S/C23H28ClN3O5S/c24-18-3-5-19(6-4-18)32-16-15-25-11-13-26(14-12-25)23(29)21-17-20(7-8-22(21)28)33(30,31)27-9-1-2-10-27/h3-8,17,28H,1-2,9-16H2. The maximum absolute atomic E-state index is 13.1. The third-order valence-corrected chi connectivity index (χ3v) is 8.20. The normalized spacial score (nSPS) is 17.9. The van der Waals surface area contributed by atoms with Crippen molar-refractivity contribution in [2.24, 2.45) is 0 Å². The third-order valence-electron chi connectivity index (χ3n) is 6.05. The molecule has 2 saturated heterocycles. The van der Waals surface area contributed by atoms with Crippen LogP contribution in [-0.2, 0) is 10.0 Å². The molecule has 178 valence electrons. The Morgan fingerprint density at radius 2 is 1.64 bits per heavy atom. The predicted molar refractivity (Wildman–Crippen MR) is 125 cm³/mol. The molecule has 2 aliphatic heterocycles. The molecular weight excluding hydrogens is 466 g/mol. The number of sulfonamides is 1. The van der Waals surface area contributed by atoms with Gasteiger partial charge in [-0.25, -0.2) is 8.42 Å². The Morgan fingerprint density at radius 1 is 0.970 bits per heavy atom. The summed E-state index contributed by atoms with van der Waals surface area (Å²) in [5.74, 6) is 0.189. The van der Waals surface area contributed by atoms with Gasteiger partial charge in [0.25, 0.3) is 5.91 Å². The van der Waals surface area contributed by atoms with Gasteiger partial charge in [0.1, 0.15) is 18.1 Å². The fourth-order valence-corrected chi connectivity index (χ4v) is 5.76. The van der Waals surface area contributed by atoms with Crippen LogP contribution in [0.2, 0.25) is 5.02 Å². The Kier molecular flexibility index (Phi) is 7.43. The molecule has 0 bridgehead atoms. The molecule has 2 aromatic carbocycles. The fourth-order valence-electron chi connectivity index (χ4n) is 4.09. The summed E-state index contributed by atoms with van der Waals surface area (Å²) in [6.45, 7) is 4.52. The number of halogens is 1. The second kappa shape index (κ2) is 10.3. The first-order valence-electron chi connectivity index (χ1n) is 11.1. The number of phenolic OH excluding ortho intramolecular Hbond substituents is 1. The molecule has 4 rings (SSSR count). The summed E-state index contributed by atoms with van der Waals surface area (Å²) in [6.07, 6.45) is 1.66. The van der Waals surface area contributed by atoms with Gasteiger partial charge in [0.15, 0.2) is 0 Å². The van der Waals surface area contributed by atoms with E-state index in [-0.39, 0.29) is 22.1 Å². The minimum Gasteiger partial charge on any atom is -0.507 e. The van der Waals surface area contributed by atoms with E-state index in [1.165, 1.54) is 22.5 Å². The van der Waals surface area contributed by atoms with Gasteiger partial charge in [-0.2, -0.15) is 4.31 Å². The molecule has 0 aliphatic carbocycles. The molecule has 0 aromatic heterocycles. The average Bonchev–Trinajstić information content (AvgIpc) is 3.37. The Labute approximate surface area is 199 Å². The lowest BCUT2D eigenvalue weighted by Gasteiger charge is -2.34. The van der Waals surface area contributed by atoms with Gasteiger partial charge < -0.3 is 14.7 Å². The number of hydrogen-bond donors (Lipinski definition) is 1. The second-order valence-corrected chi connectivity index (χ2v) is 10.6. The summed E-state index contributed by atoms with van der Waals surface area (Å²) in [6, 6.07) is 11.2. The highest BCUT2D eigenvalue weighted by molar-refractivity contribution is 7.89. The van der Waals surface area contributed by atoms with Crippen molar-refractivity contribution in [2.45, 2.75) is 17.7 Å². The maximum Gasteiger partial charge on any atom is 0.257 e. The number of piperazine rings is 1. The van der Waals surface area contributed by atoms with E-state index in [9.17, 15) is 18.3 Å². The highest BCUT2D eigenvalue weighted by Gasteiger charge is 2.30. The molecule has 33 heavy (non-hydrogen) atoms. The molecule has 0 saturated carbocycles. The van der Waals surface area contributed by atoms with E-state index < -0.39 is 10.0 Å². The van der Waals surface area contributed by atoms with Crippen LogP contribution in [0.25, 0.3) is 0 Å². The minimum absolute atomic E-state index is 0.0230. The molecule has 2 heterocycles. The summed E-state index contributed by atoms with van der Waals surface area (Å²) < 4.78 is 32.9. The smallest absolute Gasteiger partial charge is 0.257 e. The van der Waals surface area contributed by atoms with Gasteiger partial charge >= 0.3 is 0 Å². The van der Waals surface area contributed by atoms with Gasteiger partial charge in [-0.3, -0.25) is 9.69 Å². The Balaban J connectivity index is 1.33. The van der Waals surface area contributed by atoms with Gasteiger partial charge in [0.2, 0.25) is 10.0 Å². The molecule has 0 radical (unpaired) electrons. The summed E-state index contributed by atoms with van der Waals surface area (Å²) in [5.41, 5.74) is 0.0230. The van der Waals surface area contributed by atoms with Gasteiger partial charge in [0.05, 0.1) is 10.5 Å². The number of aromatic hydroxyl groups is 1. The van der Waals surface area contributed by atoms with Crippen LogP contribution < -0.4 is 4.74 Å². The number of carbonyl (C=O) groups excluding carboxylic acids is 1. The first-order valence-corrected chi connectivity index (χ1v) is 12.9. The molecule has 2 aromatic rings. The van der Waals surface area contributed by atoms with Gasteiger partial charge in [-0.1, -0.05) is 11.6 Å². The van der Waals surface area contributed by atoms with Crippen LogP contribution in [0.1, 0.15) is 23.2 Å². The van der Waals surface area contributed by atoms with E-state index >= 15 is 0 Å². The molecule has 1 amide bonds. The molecule has 0 atom stereocenters. The second-order valence-electron chi connectivity index (χ2n) is 8.23. The molecule has 2 aliphatic rings. The van der Waals surface area contributed by atoms with Crippen LogP contribution >= 0.6 is 11.6 Å². The van der Waals surface area contributed by atoms with E-state index in [2.05, 4.69) is 4.90 Å². The number of carbonyl (C=O) groups is 1. The number of benzene rings is 2. The summed E-state index contributed by atoms with van der Waals surface area (Å²) >= 11 is 5.88. The van der Waals surface area contributed by atoms with Crippen molar-refractivity contribution in [2.75, 3.05) is 52.4 Å². The van der Waals surface area contributed by atoms with Gasteiger partial charge in [-0.05, 0) is 55.3 Å². The number of hydrogen-bond acceptors (Lipinski definition) is 6. The zero-order valence-electron chi connectivity index (χ0n) is 18.3. The Hall–Kier alpha value is -2.33. The van der Waals surface area contributed by atoms with Crippen LogP contribution in [-0.4, -0.2) is 86.0 Å². The maximum atomic E-state index is 13.1. The van der Waals surface area contributed by atoms with E-state index in [1.807, 2.05) is 12.1 Å². The lowest BCUT2D eigenvalue weighted by atomic mass is 10.1. The van der Waals surface area contributed by atoms with Crippen LogP contribution in [0.15, 0.2) is 47.4 Å². The first-order chi connectivity index (χ1) is 15.8. The molecule has 2 fully saturated rings. The van der Waals surface area contributed by atoms with Crippen molar-refractivity contribution in [1.82, 2.24) is 14.1 Å². The average molecular weight is 494 g/mol. The van der Waals surface area contributed by atoms with Crippen molar-refractivity contribution >= 4 is 27.5 Å².